The highest BCUT2D eigenvalue weighted by Crippen LogP contribution is 2.02. The Bertz CT molecular complexity index is 210. The maximum Gasteiger partial charge on any atom is 0.236 e. The van der Waals surface area contributed by atoms with Gasteiger partial charge in [-0.25, -0.2) is 0 Å². The molecule has 1 atom stereocenters. The minimum atomic E-state index is -0.386. The average Bonchev–Trinajstić information content (AvgIpc) is 2.31. The van der Waals surface area contributed by atoms with E-state index in [2.05, 4.69) is 19.2 Å². The van der Waals surface area contributed by atoms with Gasteiger partial charge in [-0.15, -0.1) is 0 Å². The summed E-state index contributed by atoms with van der Waals surface area (Å²) >= 11 is 0. The van der Waals surface area contributed by atoms with E-state index in [4.69, 9.17) is 15.2 Å². The van der Waals surface area contributed by atoms with Crippen LogP contribution in [-0.2, 0) is 14.3 Å². The van der Waals surface area contributed by atoms with Gasteiger partial charge in [0.1, 0.15) is 0 Å². The van der Waals surface area contributed by atoms with E-state index in [0.717, 1.165) is 19.3 Å². The fraction of sp³-hybridized carbons (Fsp3) is 0.923. The second kappa shape index (κ2) is 11.4. The summed E-state index contributed by atoms with van der Waals surface area (Å²) in [6.07, 6.45) is 2.57. The van der Waals surface area contributed by atoms with Crippen molar-refractivity contribution in [3.8, 4) is 0 Å². The third kappa shape index (κ3) is 10.5. The van der Waals surface area contributed by atoms with Crippen molar-refractivity contribution in [2.45, 2.75) is 39.2 Å². The number of carbonyl (C=O) groups excluding carboxylic acids is 1. The molecule has 0 heterocycles. The molecule has 5 nitrogen and oxygen atoms in total. The van der Waals surface area contributed by atoms with Gasteiger partial charge in [-0.1, -0.05) is 13.8 Å². The fourth-order valence-corrected chi connectivity index (χ4v) is 1.53. The molecule has 0 aromatic heterocycles. The molecular formula is C13H28N2O3. The zero-order valence-electron chi connectivity index (χ0n) is 11.9. The number of nitrogens with two attached hydrogens (primary N) is 1. The maximum absolute atomic E-state index is 11.6. The quantitative estimate of drug-likeness (QED) is 0.542. The van der Waals surface area contributed by atoms with E-state index in [1.807, 2.05) is 0 Å². The number of nitrogens with one attached hydrogen (secondary N) is 1. The van der Waals surface area contributed by atoms with E-state index < -0.39 is 0 Å². The molecule has 0 aromatic carbocycles. The van der Waals surface area contributed by atoms with Crippen molar-refractivity contribution in [2.75, 3.05) is 33.5 Å². The highest BCUT2D eigenvalue weighted by molar-refractivity contribution is 5.81. The zero-order valence-corrected chi connectivity index (χ0v) is 11.9. The van der Waals surface area contributed by atoms with Crippen LogP contribution in [0, 0.1) is 5.92 Å². The largest absolute Gasteiger partial charge is 0.382 e. The Morgan fingerprint density at radius 2 is 1.94 bits per heavy atom. The minimum absolute atomic E-state index is 0.0519. The van der Waals surface area contributed by atoms with Crippen molar-refractivity contribution >= 4 is 5.91 Å². The highest BCUT2D eigenvalue weighted by atomic mass is 16.5. The number of unbranched alkanes of at least 4 members (excludes halogenated alkanes) is 1. The Morgan fingerprint density at radius 1 is 1.22 bits per heavy atom. The maximum atomic E-state index is 11.6. The van der Waals surface area contributed by atoms with E-state index in [-0.39, 0.29) is 11.9 Å². The first kappa shape index (κ1) is 17.4. The Morgan fingerprint density at radius 3 is 2.56 bits per heavy atom. The number of methoxy groups -OCH3 is 1. The van der Waals surface area contributed by atoms with Crippen molar-refractivity contribution in [3.63, 3.8) is 0 Å². The Hall–Kier alpha value is -0.650. The molecule has 0 rings (SSSR count). The molecule has 0 radical (unpaired) electrons. The molecule has 0 aliphatic heterocycles. The van der Waals surface area contributed by atoms with Crippen LogP contribution in [0.4, 0.5) is 0 Å². The van der Waals surface area contributed by atoms with Gasteiger partial charge in [0, 0.05) is 20.3 Å². The molecule has 0 aliphatic carbocycles. The van der Waals surface area contributed by atoms with Gasteiger partial charge in [0.2, 0.25) is 5.91 Å². The molecule has 0 spiro atoms. The lowest BCUT2D eigenvalue weighted by atomic mass is 10.0. The van der Waals surface area contributed by atoms with Crippen molar-refractivity contribution in [1.29, 1.82) is 0 Å². The smallest absolute Gasteiger partial charge is 0.236 e. The van der Waals surface area contributed by atoms with Crippen LogP contribution in [-0.4, -0.2) is 45.4 Å². The van der Waals surface area contributed by atoms with Gasteiger partial charge in [-0.2, -0.15) is 0 Å². The molecule has 5 heteroatoms. The lowest BCUT2D eigenvalue weighted by Gasteiger charge is -2.14. The predicted molar refractivity (Wildman–Crippen MR) is 72.4 cm³/mol. The predicted octanol–water partition coefficient (Wildman–Crippen LogP) is 0.919. The summed E-state index contributed by atoms with van der Waals surface area (Å²) < 4.78 is 10.2. The van der Waals surface area contributed by atoms with Gasteiger partial charge in [0.15, 0.2) is 0 Å². The van der Waals surface area contributed by atoms with Crippen molar-refractivity contribution < 1.29 is 14.3 Å². The van der Waals surface area contributed by atoms with Gasteiger partial charge in [0.25, 0.3) is 0 Å². The van der Waals surface area contributed by atoms with E-state index in [0.29, 0.717) is 32.3 Å². The number of rotatable bonds is 11. The van der Waals surface area contributed by atoms with Crippen molar-refractivity contribution in [1.82, 2.24) is 5.32 Å². The van der Waals surface area contributed by atoms with Crippen LogP contribution >= 0.6 is 0 Å². The van der Waals surface area contributed by atoms with E-state index in [1.54, 1.807) is 7.11 Å². The molecule has 0 unspecified atom stereocenters. The minimum Gasteiger partial charge on any atom is -0.382 e. The summed E-state index contributed by atoms with van der Waals surface area (Å²) in [5.74, 6) is 0.393. The molecule has 0 fully saturated rings. The third-order valence-electron chi connectivity index (χ3n) is 2.51. The SMILES string of the molecule is COCCOCCCCNC(=O)[C@H](N)CC(C)C. The third-order valence-corrected chi connectivity index (χ3v) is 2.51. The number of amides is 1. The van der Waals surface area contributed by atoms with Gasteiger partial charge in [0.05, 0.1) is 19.3 Å². The van der Waals surface area contributed by atoms with Gasteiger partial charge < -0.3 is 20.5 Å². The fourth-order valence-electron chi connectivity index (χ4n) is 1.53. The first-order valence-corrected chi connectivity index (χ1v) is 6.68. The standard InChI is InChI=1S/C13H28N2O3/c1-11(2)10-12(14)13(16)15-6-4-5-7-18-9-8-17-3/h11-12H,4-10,14H2,1-3H3,(H,15,16)/t12-/m1/s1. The van der Waals surface area contributed by atoms with Crippen LogP contribution in [0.25, 0.3) is 0 Å². The van der Waals surface area contributed by atoms with Crippen LogP contribution in [0.1, 0.15) is 33.1 Å². The molecule has 0 saturated carbocycles. The number of hydrogen-bond acceptors (Lipinski definition) is 4. The monoisotopic (exact) mass is 260 g/mol. The van der Waals surface area contributed by atoms with Gasteiger partial charge in [-0.3, -0.25) is 4.79 Å². The summed E-state index contributed by atoms with van der Waals surface area (Å²) in [4.78, 5) is 11.6. The Balaban J connectivity index is 3.35. The van der Waals surface area contributed by atoms with Gasteiger partial charge >= 0.3 is 0 Å². The first-order valence-electron chi connectivity index (χ1n) is 6.68. The second-order valence-electron chi connectivity index (χ2n) is 4.84. The molecule has 18 heavy (non-hydrogen) atoms. The van der Waals surface area contributed by atoms with E-state index >= 15 is 0 Å². The number of carbonyl (C=O) groups is 1. The summed E-state index contributed by atoms with van der Waals surface area (Å²) in [5.41, 5.74) is 5.76. The summed E-state index contributed by atoms with van der Waals surface area (Å²) in [6.45, 7) is 6.74. The molecular weight excluding hydrogens is 232 g/mol. The molecule has 0 aliphatic rings. The van der Waals surface area contributed by atoms with Crippen LogP contribution in [0.2, 0.25) is 0 Å². The topological polar surface area (TPSA) is 73.6 Å². The molecule has 108 valence electrons. The highest BCUT2D eigenvalue weighted by Gasteiger charge is 2.13. The van der Waals surface area contributed by atoms with Crippen LogP contribution < -0.4 is 11.1 Å². The zero-order chi connectivity index (χ0) is 13.8. The second-order valence-corrected chi connectivity index (χ2v) is 4.84. The number of hydrogen-bond donors (Lipinski definition) is 2. The number of ether oxygens (including phenoxy) is 2. The first-order chi connectivity index (χ1) is 8.57. The Kier molecular flexibility index (Phi) is 11.0. The van der Waals surface area contributed by atoms with Crippen molar-refractivity contribution in [3.05, 3.63) is 0 Å². The normalized spacial score (nSPS) is 12.7. The van der Waals surface area contributed by atoms with Gasteiger partial charge in [-0.05, 0) is 25.2 Å². The average molecular weight is 260 g/mol. The lowest BCUT2D eigenvalue weighted by Crippen LogP contribution is -2.41. The molecule has 3 N–H and O–H groups in total. The Labute approximate surface area is 110 Å². The molecule has 0 saturated heterocycles. The molecule has 0 bridgehead atoms. The lowest BCUT2D eigenvalue weighted by molar-refractivity contribution is -0.122. The van der Waals surface area contributed by atoms with Crippen LogP contribution in [0.15, 0.2) is 0 Å². The summed E-state index contributed by atoms with van der Waals surface area (Å²) in [5, 5.41) is 2.85. The summed E-state index contributed by atoms with van der Waals surface area (Å²) in [6, 6.07) is -0.386. The summed E-state index contributed by atoms with van der Waals surface area (Å²) in [7, 11) is 1.65. The van der Waals surface area contributed by atoms with E-state index in [9.17, 15) is 4.79 Å². The van der Waals surface area contributed by atoms with Crippen molar-refractivity contribution in [2.24, 2.45) is 11.7 Å². The van der Waals surface area contributed by atoms with Crippen LogP contribution in [0.5, 0.6) is 0 Å². The molecule has 0 aromatic rings. The van der Waals surface area contributed by atoms with E-state index in [1.165, 1.54) is 0 Å². The molecule has 1 amide bonds. The van der Waals surface area contributed by atoms with Crippen LogP contribution in [0.3, 0.4) is 0 Å².